The Labute approximate surface area is 142 Å². The molecule has 3 rings (SSSR count). The van der Waals surface area contributed by atoms with Crippen molar-refractivity contribution >= 4 is 16.7 Å². The van der Waals surface area contributed by atoms with Gasteiger partial charge in [0, 0.05) is 30.4 Å². The van der Waals surface area contributed by atoms with Crippen LogP contribution < -0.4 is 5.32 Å². The molecule has 0 aliphatic rings. The molecule has 0 amide bonds. The number of hydrogen-bond acceptors (Lipinski definition) is 2. The summed E-state index contributed by atoms with van der Waals surface area (Å²) in [6.45, 7) is 10.4. The minimum absolute atomic E-state index is 0.212. The molecule has 0 fully saturated rings. The van der Waals surface area contributed by atoms with Gasteiger partial charge in [-0.05, 0) is 49.1 Å². The highest BCUT2D eigenvalue weighted by Gasteiger charge is 2.15. The van der Waals surface area contributed by atoms with Crippen LogP contribution in [-0.4, -0.2) is 9.55 Å². The summed E-state index contributed by atoms with van der Waals surface area (Å²) in [4.78, 5) is 4.56. The van der Waals surface area contributed by atoms with Crippen LogP contribution in [0.3, 0.4) is 0 Å². The van der Waals surface area contributed by atoms with Gasteiger partial charge < -0.3 is 9.88 Å². The molecule has 0 aliphatic heterocycles. The van der Waals surface area contributed by atoms with Gasteiger partial charge in [-0.25, -0.2) is 9.37 Å². The lowest BCUT2D eigenvalue weighted by Crippen LogP contribution is -2.09. The van der Waals surface area contributed by atoms with Crippen LogP contribution in [0.5, 0.6) is 0 Å². The fourth-order valence-electron chi connectivity index (χ4n) is 3.11. The maximum absolute atomic E-state index is 13.0. The molecule has 0 saturated heterocycles. The maximum atomic E-state index is 13.0. The molecule has 1 N–H and O–H groups in total. The summed E-state index contributed by atoms with van der Waals surface area (Å²) in [5.41, 5.74) is 4.78. The largest absolute Gasteiger partial charge is 0.364 e. The average molecular weight is 325 g/mol. The predicted octanol–water partition coefficient (Wildman–Crippen LogP) is 5.06. The second-order valence-corrected chi connectivity index (χ2v) is 6.75. The van der Waals surface area contributed by atoms with Crippen molar-refractivity contribution < 1.29 is 4.39 Å². The van der Waals surface area contributed by atoms with Crippen molar-refractivity contribution in [1.82, 2.24) is 9.55 Å². The topological polar surface area (TPSA) is 29.9 Å². The van der Waals surface area contributed by atoms with E-state index < -0.39 is 0 Å². The van der Waals surface area contributed by atoms with Crippen LogP contribution in [0.25, 0.3) is 10.9 Å². The number of nitrogens with one attached hydrogen (secondary N) is 1. The van der Waals surface area contributed by atoms with E-state index in [4.69, 9.17) is 0 Å². The zero-order chi connectivity index (χ0) is 17.3. The van der Waals surface area contributed by atoms with E-state index in [0.717, 1.165) is 23.4 Å². The monoisotopic (exact) mass is 325 g/mol. The van der Waals surface area contributed by atoms with Crippen LogP contribution in [0.4, 0.5) is 10.2 Å². The second-order valence-electron chi connectivity index (χ2n) is 6.75. The van der Waals surface area contributed by atoms with E-state index in [2.05, 4.69) is 48.6 Å². The van der Waals surface area contributed by atoms with Gasteiger partial charge in [0.1, 0.15) is 5.82 Å². The number of aromatic nitrogens is 2. The van der Waals surface area contributed by atoms with Crippen LogP contribution in [0.2, 0.25) is 0 Å². The third-order valence-electron chi connectivity index (χ3n) is 4.47. The van der Waals surface area contributed by atoms with Crippen molar-refractivity contribution in [2.24, 2.45) is 5.92 Å². The lowest BCUT2D eigenvalue weighted by Gasteiger charge is -2.14. The first-order chi connectivity index (χ1) is 11.5. The normalized spacial score (nSPS) is 11.4. The Bertz CT molecular complexity index is 847. The molecular formula is C20H24FN3. The smallest absolute Gasteiger partial charge is 0.150 e. The van der Waals surface area contributed by atoms with E-state index in [9.17, 15) is 4.39 Å². The summed E-state index contributed by atoms with van der Waals surface area (Å²) in [7, 11) is 0. The van der Waals surface area contributed by atoms with Crippen LogP contribution in [0.1, 0.15) is 30.7 Å². The maximum Gasteiger partial charge on any atom is 0.150 e. The third kappa shape index (κ3) is 3.14. The number of halogens is 1. The molecule has 2 aromatic heterocycles. The van der Waals surface area contributed by atoms with Crippen molar-refractivity contribution in [3.05, 3.63) is 59.2 Å². The molecule has 4 heteroatoms. The molecule has 126 valence electrons. The highest BCUT2D eigenvalue weighted by molar-refractivity contribution is 5.93. The van der Waals surface area contributed by atoms with Gasteiger partial charge >= 0.3 is 0 Å². The van der Waals surface area contributed by atoms with Gasteiger partial charge in [-0.1, -0.05) is 26.0 Å². The van der Waals surface area contributed by atoms with Gasteiger partial charge in [-0.15, -0.1) is 0 Å². The molecule has 0 spiro atoms. The van der Waals surface area contributed by atoms with Gasteiger partial charge in [-0.3, -0.25) is 0 Å². The van der Waals surface area contributed by atoms with E-state index >= 15 is 0 Å². The molecule has 2 heterocycles. The standard InChI is InChI=1S/C20H24FN3/c1-13(2)12-24-15(4)14(3)18-9-10-22-20(19(18)24)23-11-16-5-7-17(21)8-6-16/h5-10,13H,11-12H2,1-4H3,(H,22,23). The molecular weight excluding hydrogens is 301 g/mol. The van der Waals surface area contributed by atoms with E-state index in [1.807, 2.05) is 6.20 Å². The molecule has 1 aromatic carbocycles. The SMILES string of the molecule is Cc1c(C)n(CC(C)C)c2c(NCc3ccc(F)cc3)nccc12. The van der Waals surface area contributed by atoms with Gasteiger partial charge in [0.05, 0.1) is 5.52 Å². The highest BCUT2D eigenvalue weighted by Crippen LogP contribution is 2.30. The van der Waals surface area contributed by atoms with Crippen molar-refractivity contribution in [2.45, 2.75) is 40.8 Å². The average Bonchev–Trinajstić information content (AvgIpc) is 2.80. The van der Waals surface area contributed by atoms with E-state index in [1.54, 1.807) is 12.1 Å². The Balaban J connectivity index is 1.98. The van der Waals surface area contributed by atoms with Gasteiger partial charge in [-0.2, -0.15) is 0 Å². The van der Waals surface area contributed by atoms with Crippen LogP contribution in [0.15, 0.2) is 36.5 Å². The zero-order valence-electron chi connectivity index (χ0n) is 14.7. The van der Waals surface area contributed by atoms with Crippen LogP contribution >= 0.6 is 0 Å². The van der Waals surface area contributed by atoms with E-state index in [1.165, 1.54) is 28.8 Å². The summed E-state index contributed by atoms with van der Waals surface area (Å²) >= 11 is 0. The molecule has 3 aromatic rings. The first-order valence-corrected chi connectivity index (χ1v) is 8.40. The van der Waals surface area contributed by atoms with Gasteiger partial charge in [0.15, 0.2) is 5.82 Å². The molecule has 0 aliphatic carbocycles. The lowest BCUT2D eigenvalue weighted by molar-refractivity contribution is 0.527. The number of benzene rings is 1. The lowest BCUT2D eigenvalue weighted by atomic mass is 10.2. The first-order valence-electron chi connectivity index (χ1n) is 8.40. The number of fused-ring (bicyclic) bond motifs is 1. The number of nitrogens with zero attached hydrogens (tertiary/aromatic N) is 2. The molecule has 3 nitrogen and oxygen atoms in total. The number of hydrogen-bond donors (Lipinski definition) is 1. The highest BCUT2D eigenvalue weighted by atomic mass is 19.1. The van der Waals surface area contributed by atoms with Crippen LogP contribution in [-0.2, 0) is 13.1 Å². The molecule has 24 heavy (non-hydrogen) atoms. The second kappa shape index (κ2) is 6.63. The Morgan fingerprint density at radius 3 is 2.50 bits per heavy atom. The number of anilines is 1. The van der Waals surface area contributed by atoms with Crippen molar-refractivity contribution in [3.8, 4) is 0 Å². The van der Waals surface area contributed by atoms with Gasteiger partial charge in [0.2, 0.25) is 0 Å². The quantitative estimate of drug-likeness (QED) is 0.710. The minimum Gasteiger partial charge on any atom is -0.364 e. The molecule has 0 atom stereocenters. The summed E-state index contributed by atoms with van der Waals surface area (Å²) in [6, 6.07) is 8.65. The van der Waals surface area contributed by atoms with Crippen molar-refractivity contribution in [1.29, 1.82) is 0 Å². The Morgan fingerprint density at radius 2 is 1.83 bits per heavy atom. The van der Waals surface area contributed by atoms with Crippen molar-refractivity contribution in [3.63, 3.8) is 0 Å². The number of pyridine rings is 1. The Hall–Kier alpha value is -2.36. The summed E-state index contributed by atoms with van der Waals surface area (Å²) in [5.74, 6) is 1.23. The minimum atomic E-state index is -0.212. The summed E-state index contributed by atoms with van der Waals surface area (Å²) in [5, 5.41) is 4.66. The molecule has 0 saturated carbocycles. The van der Waals surface area contributed by atoms with E-state index in [-0.39, 0.29) is 5.82 Å². The first kappa shape index (κ1) is 16.5. The fourth-order valence-corrected chi connectivity index (χ4v) is 3.11. The Kier molecular flexibility index (Phi) is 4.56. The Morgan fingerprint density at radius 1 is 1.12 bits per heavy atom. The van der Waals surface area contributed by atoms with Crippen molar-refractivity contribution in [2.75, 3.05) is 5.32 Å². The molecule has 0 bridgehead atoms. The third-order valence-corrected chi connectivity index (χ3v) is 4.47. The van der Waals surface area contributed by atoms with Gasteiger partial charge in [0.25, 0.3) is 0 Å². The zero-order valence-corrected chi connectivity index (χ0v) is 14.7. The van der Waals surface area contributed by atoms with E-state index in [0.29, 0.717) is 12.5 Å². The predicted molar refractivity (Wildman–Crippen MR) is 97.8 cm³/mol. The number of rotatable bonds is 5. The fraction of sp³-hybridized carbons (Fsp3) is 0.350. The molecule has 0 unspecified atom stereocenters. The summed E-state index contributed by atoms with van der Waals surface area (Å²) < 4.78 is 15.4. The molecule has 0 radical (unpaired) electrons. The number of aryl methyl sites for hydroxylation is 1. The van der Waals surface area contributed by atoms with Crippen LogP contribution in [0, 0.1) is 25.6 Å². The summed E-state index contributed by atoms with van der Waals surface area (Å²) in [6.07, 6.45) is 1.85.